The number of rotatable bonds is 3. The number of nitrogens with zero attached hydrogens (tertiary/aromatic N) is 2. The van der Waals surface area contributed by atoms with Crippen molar-refractivity contribution in [1.82, 2.24) is 0 Å². The molecule has 12 aromatic carbocycles. The van der Waals surface area contributed by atoms with Crippen LogP contribution in [0.25, 0.3) is 102 Å². The van der Waals surface area contributed by atoms with Gasteiger partial charge in [-0.25, -0.2) is 4.85 Å². The van der Waals surface area contributed by atoms with E-state index in [1.54, 1.807) is 0 Å². The molecule has 2 heteroatoms. The van der Waals surface area contributed by atoms with Gasteiger partial charge in [-0.05, 0) is 164 Å². The Kier molecular flexibility index (Phi) is 7.17. The lowest BCUT2D eigenvalue weighted by Crippen LogP contribution is -2.15. The number of anilines is 3. The van der Waals surface area contributed by atoms with Crippen molar-refractivity contribution in [3.05, 3.63) is 217 Å². The molecule has 0 saturated carbocycles. The molecule has 0 aromatic heterocycles. The summed E-state index contributed by atoms with van der Waals surface area (Å²) >= 11 is 0. The molecule has 1 aliphatic carbocycles. The Labute approximate surface area is 359 Å². The summed E-state index contributed by atoms with van der Waals surface area (Å²) in [5.41, 5.74) is 9.16. The molecule has 62 heavy (non-hydrogen) atoms. The molecule has 2 nitrogen and oxygen atoms in total. The van der Waals surface area contributed by atoms with Gasteiger partial charge in [0.05, 0.1) is 12.3 Å². The fraction of sp³-hybridized carbons (Fsp3) is 0.0500. The smallest absolute Gasteiger partial charge is 0.187 e. The lowest BCUT2D eigenvalue weighted by Gasteiger charge is -2.28. The minimum Gasteiger partial charge on any atom is -0.310 e. The molecule has 1 aliphatic rings. The molecule has 13 rings (SSSR count). The molecular weight excluding hydrogens is 749 g/mol. The molecule has 0 atom stereocenters. The lowest BCUT2D eigenvalue weighted by atomic mass is 9.80. The van der Waals surface area contributed by atoms with Crippen LogP contribution in [0.15, 0.2) is 194 Å². The van der Waals surface area contributed by atoms with Gasteiger partial charge in [-0.15, -0.1) is 0 Å². The molecule has 0 saturated heterocycles. The van der Waals surface area contributed by atoms with Gasteiger partial charge < -0.3 is 4.90 Å². The minimum absolute atomic E-state index is 0.235. The van der Waals surface area contributed by atoms with Crippen molar-refractivity contribution in [2.45, 2.75) is 19.3 Å². The largest absolute Gasteiger partial charge is 0.310 e. The van der Waals surface area contributed by atoms with Crippen LogP contribution in [0.5, 0.6) is 0 Å². The van der Waals surface area contributed by atoms with Crippen molar-refractivity contribution in [2.75, 3.05) is 4.90 Å². The van der Waals surface area contributed by atoms with E-state index in [4.69, 9.17) is 6.57 Å². The molecule has 0 amide bonds. The molecule has 288 valence electrons. The Morgan fingerprint density at radius 1 is 0.355 bits per heavy atom. The van der Waals surface area contributed by atoms with Crippen molar-refractivity contribution < 1.29 is 0 Å². The molecule has 0 bridgehead atoms. The van der Waals surface area contributed by atoms with Gasteiger partial charge in [-0.1, -0.05) is 147 Å². The maximum Gasteiger partial charge on any atom is 0.187 e. The quantitative estimate of drug-likeness (QED) is 0.128. The highest BCUT2D eigenvalue weighted by molar-refractivity contribution is 6.29. The maximum absolute atomic E-state index is 7.75. The molecule has 0 fully saturated rings. The summed E-state index contributed by atoms with van der Waals surface area (Å²) in [6.45, 7) is 12.5. The van der Waals surface area contributed by atoms with E-state index < -0.39 is 0 Å². The van der Waals surface area contributed by atoms with E-state index in [0.29, 0.717) is 5.69 Å². The summed E-state index contributed by atoms with van der Waals surface area (Å²) < 4.78 is 0. The zero-order valence-corrected chi connectivity index (χ0v) is 34.4. The van der Waals surface area contributed by atoms with Crippen LogP contribution in [0.1, 0.15) is 25.0 Å². The third kappa shape index (κ3) is 4.85. The minimum atomic E-state index is -0.235. The summed E-state index contributed by atoms with van der Waals surface area (Å²) in [5, 5.41) is 19.7. The standard InChI is InChI=1S/C60H38N2/c1-60(2)57-34-53-47-27-24-39(61-3)30-49(47)43-18-8-10-20-45(43)51(53)32-55(57)56-33-52-46-21-11-9-19-44(46)50-31-41(26-28-48(50)54(52)35-58(56)60)62(40-25-23-36-13-4-5-15-38(36)29-40)59-22-12-16-37-14-6-7-17-42(37)59/h4-35H,1-2H3. The van der Waals surface area contributed by atoms with Gasteiger partial charge in [0.15, 0.2) is 5.69 Å². The lowest BCUT2D eigenvalue weighted by molar-refractivity contribution is 0.662. The topological polar surface area (TPSA) is 7.60 Å². The molecule has 0 N–H and O–H groups in total. The summed E-state index contributed by atoms with van der Waals surface area (Å²) in [4.78, 5) is 6.24. The Morgan fingerprint density at radius 2 is 0.806 bits per heavy atom. The van der Waals surface area contributed by atoms with Crippen LogP contribution in [0.4, 0.5) is 22.7 Å². The van der Waals surface area contributed by atoms with Crippen molar-refractivity contribution in [3.8, 4) is 11.1 Å². The molecule has 12 aromatic rings. The van der Waals surface area contributed by atoms with E-state index in [0.717, 1.165) is 22.4 Å². The maximum atomic E-state index is 7.75. The van der Waals surface area contributed by atoms with Crippen molar-refractivity contribution in [3.63, 3.8) is 0 Å². The SMILES string of the molecule is [C-]#[N+]c1ccc2c(c1)c1ccccc1c1cc3c(cc21)C(C)(C)c1cc2c4ccc(N(c5ccc6ccccc6c5)c5cccc6ccccc56)cc4c4ccccc4c2cc1-3. The zero-order valence-electron chi connectivity index (χ0n) is 34.4. The normalized spacial score (nSPS) is 13.1. The van der Waals surface area contributed by atoms with Gasteiger partial charge in [0, 0.05) is 22.2 Å². The average Bonchev–Trinajstić information content (AvgIpc) is 3.54. The van der Waals surface area contributed by atoms with Gasteiger partial charge in [0.25, 0.3) is 0 Å². The first-order chi connectivity index (χ1) is 30.4. The molecule has 0 aliphatic heterocycles. The van der Waals surface area contributed by atoms with Gasteiger partial charge in [-0.2, -0.15) is 0 Å². The number of benzene rings is 12. The molecular formula is C60H38N2. The third-order valence-electron chi connectivity index (χ3n) is 13.9. The third-order valence-corrected chi connectivity index (χ3v) is 13.9. The van der Waals surface area contributed by atoms with Crippen molar-refractivity contribution in [1.29, 1.82) is 0 Å². The Balaban J connectivity index is 1.06. The second-order valence-electron chi connectivity index (χ2n) is 17.5. The van der Waals surface area contributed by atoms with E-state index >= 15 is 0 Å². The molecule has 0 heterocycles. The second kappa shape index (κ2) is 12.8. The summed E-state index contributed by atoms with van der Waals surface area (Å²) in [7, 11) is 0. The predicted octanol–water partition coefficient (Wildman–Crippen LogP) is 17.2. The van der Waals surface area contributed by atoms with Gasteiger partial charge >= 0.3 is 0 Å². The van der Waals surface area contributed by atoms with E-state index in [-0.39, 0.29) is 5.41 Å². The zero-order chi connectivity index (χ0) is 41.3. The van der Waals surface area contributed by atoms with Crippen LogP contribution >= 0.6 is 0 Å². The van der Waals surface area contributed by atoms with Gasteiger partial charge in [0.2, 0.25) is 0 Å². The highest BCUT2D eigenvalue weighted by Gasteiger charge is 2.37. The fourth-order valence-electron chi connectivity index (χ4n) is 11.0. The number of fused-ring (bicyclic) bond motifs is 17. The van der Waals surface area contributed by atoms with Crippen LogP contribution in [0.2, 0.25) is 0 Å². The van der Waals surface area contributed by atoms with Crippen LogP contribution < -0.4 is 4.90 Å². The highest BCUT2D eigenvalue weighted by Crippen LogP contribution is 2.54. The van der Waals surface area contributed by atoms with Crippen LogP contribution in [0.3, 0.4) is 0 Å². The number of hydrogen-bond acceptors (Lipinski definition) is 1. The monoisotopic (exact) mass is 786 g/mol. The Morgan fingerprint density at radius 3 is 1.44 bits per heavy atom. The summed E-state index contributed by atoms with van der Waals surface area (Å²) in [6, 6.07) is 71.6. The first-order valence-electron chi connectivity index (χ1n) is 21.4. The average molecular weight is 787 g/mol. The van der Waals surface area contributed by atoms with Crippen LogP contribution in [-0.4, -0.2) is 0 Å². The predicted molar refractivity (Wildman–Crippen MR) is 265 cm³/mol. The fourth-order valence-corrected chi connectivity index (χ4v) is 11.0. The van der Waals surface area contributed by atoms with Crippen LogP contribution in [-0.2, 0) is 5.41 Å². The first-order valence-corrected chi connectivity index (χ1v) is 21.4. The van der Waals surface area contributed by atoms with Crippen molar-refractivity contribution in [2.24, 2.45) is 0 Å². The summed E-state index contributed by atoms with van der Waals surface area (Å²) in [5.74, 6) is 0. The van der Waals surface area contributed by atoms with E-state index in [2.05, 4.69) is 212 Å². The second-order valence-corrected chi connectivity index (χ2v) is 17.5. The van der Waals surface area contributed by atoms with Crippen molar-refractivity contribution >= 4 is 109 Å². The number of hydrogen-bond donors (Lipinski definition) is 0. The molecule has 0 spiro atoms. The van der Waals surface area contributed by atoms with E-state index in [1.165, 1.54) is 103 Å². The van der Waals surface area contributed by atoms with E-state index in [9.17, 15) is 0 Å². The Bertz CT molecular complexity index is 3970. The van der Waals surface area contributed by atoms with Crippen LogP contribution in [0, 0.1) is 6.57 Å². The van der Waals surface area contributed by atoms with E-state index in [1.807, 2.05) is 6.07 Å². The highest BCUT2D eigenvalue weighted by atomic mass is 15.1. The molecule has 0 unspecified atom stereocenters. The van der Waals surface area contributed by atoms with Gasteiger partial charge in [0.1, 0.15) is 0 Å². The Hall–Kier alpha value is -7.99. The van der Waals surface area contributed by atoms with Gasteiger partial charge in [-0.3, -0.25) is 0 Å². The first kappa shape index (κ1) is 34.8. The molecule has 0 radical (unpaired) electrons. The summed E-state index contributed by atoms with van der Waals surface area (Å²) in [6.07, 6.45) is 0.